The molecule has 5 heterocycles. The molecule has 1 saturated heterocycles. The summed E-state index contributed by atoms with van der Waals surface area (Å²) in [6.45, 7) is 4.22. The van der Waals surface area contributed by atoms with Crippen LogP contribution in [0.3, 0.4) is 0 Å². The second-order valence-electron chi connectivity index (χ2n) is 9.40. The highest BCUT2D eigenvalue weighted by molar-refractivity contribution is 5.93. The number of pyridine rings is 3. The van der Waals surface area contributed by atoms with E-state index in [0.29, 0.717) is 29.5 Å². The van der Waals surface area contributed by atoms with Crippen molar-refractivity contribution in [1.82, 2.24) is 30.2 Å². The normalized spacial score (nSPS) is 20.1. The maximum absolute atomic E-state index is 14.1. The molecule has 0 bridgehead atoms. The zero-order valence-corrected chi connectivity index (χ0v) is 19.5. The predicted octanol–water partition coefficient (Wildman–Crippen LogP) is 4.65. The highest BCUT2D eigenvalue weighted by atomic mass is 19.1. The summed E-state index contributed by atoms with van der Waals surface area (Å²) in [6, 6.07) is 6.90. The molecule has 4 aromatic rings. The molecular weight excluding hydrogens is 443 g/mol. The number of nitrogens with zero attached hydrogens (tertiary/aromatic N) is 5. The van der Waals surface area contributed by atoms with Gasteiger partial charge in [-0.15, -0.1) is 0 Å². The van der Waals surface area contributed by atoms with Gasteiger partial charge in [0.05, 0.1) is 11.7 Å². The predicted molar refractivity (Wildman–Crippen MR) is 134 cm³/mol. The van der Waals surface area contributed by atoms with E-state index >= 15 is 0 Å². The molecule has 2 aliphatic rings. The van der Waals surface area contributed by atoms with E-state index in [9.17, 15) is 4.39 Å². The Morgan fingerprint density at radius 1 is 1.03 bits per heavy atom. The number of anilines is 3. The fourth-order valence-corrected chi connectivity index (χ4v) is 4.69. The quantitative estimate of drug-likeness (QED) is 0.374. The molecule has 1 aliphatic carbocycles. The maximum atomic E-state index is 14.1. The van der Waals surface area contributed by atoms with E-state index in [0.717, 1.165) is 41.8 Å². The lowest BCUT2D eigenvalue weighted by Gasteiger charge is -2.31. The molecule has 4 aromatic heterocycles. The number of hydrogen-bond donors (Lipinski definition) is 3. The van der Waals surface area contributed by atoms with Crippen LogP contribution in [0.25, 0.3) is 22.3 Å². The number of rotatable bonds is 6. The standard InChI is InChI=1S/C26H27FN8/c1-15-12-28-9-7-20(15)32-26-23-18(16-4-5-16)13-29-14-21(23)33-24(35-26)17-6-10-30-22(11-17)34-25-19(27)3-2-8-31-25/h2-3,6,8,10-11,13-16,20,28H,4-5,7,9,12H2,1H3,(H,30,31,34)(H,32,33,35). The van der Waals surface area contributed by atoms with Gasteiger partial charge < -0.3 is 16.0 Å². The number of aromatic nitrogens is 5. The van der Waals surface area contributed by atoms with Crippen LogP contribution in [-0.4, -0.2) is 44.1 Å². The van der Waals surface area contributed by atoms with Crippen LogP contribution < -0.4 is 16.0 Å². The van der Waals surface area contributed by atoms with Crippen LogP contribution in [0.15, 0.2) is 49.1 Å². The number of nitrogens with one attached hydrogen (secondary N) is 3. The third kappa shape index (κ3) is 4.51. The second kappa shape index (κ2) is 9.14. The Hall–Kier alpha value is -3.72. The van der Waals surface area contributed by atoms with E-state index in [2.05, 4.69) is 37.8 Å². The SMILES string of the molecule is CC1CNCCC1Nc1nc(-c2ccnc(Nc3ncccc3F)c2)nc2cncc(C3CC3)c12. The van der Waals surface area contributed by atoms with Gasteiger partial charge in [0.2, 0.25) is 0 Å². The van der Waals surface area contributed by atoms with Crippen LogP contribution in [0.5, 0.6) is 0 Å². The van der Waals surface area contributed by atoms with Crippen molar-refractivity contribution >= 4 is 28.4 Å². The topological polar surface area (TPSA) is 101 Å². The third-order valence-electron chi connectivity index (χ3n) is 6.78. The highest BCUT2D eigenvalue weighted by Crippen LogP contribution is 2.44. The van der Waals surface area contributed by atoms with Crippen molar-refractivity contribution in [3.63, 3.8) is 0 Å². The monoisotopic (exact) mass is 470 g/mol. The van der Waals surface area contributed by atoms with Crippen molar-refractivity contribution in [2.24, 2.45) is 5.92 Å². The van der Waals surface area contributed by atoms with Crippen molar-refractivity contribution in [1.29, 1.82) is 0 Å². The lowest BCUT2D eigenvalue weighted by Crippen LogP contribution is -2.42. The first-order chi connectivity index (χ1) is 17.2. The average Bonchev–Trinajstić information content (AvgIpc) is 3.72. The molecule has 8 nitrogen and oxygen atoms in total. The van der Waals surface area contributed by atoms with Gasteiger partial charge in [-0.05, 0) is 74.0 Å². The van der Waals surface area contributed by atoms with Crippen molar-refractivity contribution < 1.29 is 4.39 Å². The zero-order valence-electron chi connectivity index (χ0n) is 19.5. The first kappa shape index (κ1) is 21.8. The van der Waals surface area contributed by atoms with Crippen LogP contribution in [0, 0.1) is 11.7 Å². The van der Waals surface area contributed by atoms with Gasteiger partial charge in [0.1, 0.15) is 11.6 Å². The van der Waals surface area contributed by atoms with Gasteiger partial charge in [-0.3, -0.25) is 4.98 Å². The fourth-order valence-electron chi connectivity index (χ4n) is 4.69. The van der Waals surface area contributed by atoms with E-state index in [1.807, 2.05) is 24.5 Å². The molecule has 35 heavy (non-hydrogen) atoms. The zero-order chi connectivity index (χ0) is 23.8. The molecular formula is C26H27FN8. The maximum Gasteiger partial charge on any atom is 0.167 e. The van der Waals surface area contributed by atoms with Crippen LogP contribution in [0.2, 0.25) is 0 Å². The summed E-state index contributed by atoms with van der Waals surface area (Å²) >= 11 is 0. The number of hydrogen-bond acceptors (Lipinski definition) is 8. The minimum Gasteiger partial charge on any atom is -0.366 e. The summed E-state index contributed by atoms with van der Waals surface area (Å²) in [5.74, 6) is 2.58. The van der Waals surface area contributed by atoms with E-state index in [1.54, 1.807) is 12.3 Å². The molecule has 2 unspecified atom stereocenters. The summed E-state index contributed by atoms with van der Waals surface area (Å²) in [7, 11) is 0. The highest BCUT2D eigenvalue weighted by Gasteiger charge is 2.29. The Morgan fingerprint density at radius 3 is 2.77 bits per heavy atom. The Morgan fingerprint density at radius 2 is 1.94 bits per heavy atom. The second-order valence-corrected chi connectivity index (χ2v) is 9.40. The molecule has 2 atom stereocenters. The third-order valence-corrected chi connectivity index (χ3v) is 6.78. The smallest absolute Gasteiger partial charge is 0.167 e. The Balaban J connectivity index is 1.41. The van der Waals surface area contributed by atoms with E-state index in [1.165, 1.54) is 30.7 Å². The van der Waals surface area contributed by atoms with Crippen LogP contribution in [0.1, 0.15) is 37.7 Å². The summed E-state index contributed by atoms with van der Waals surface area (Å²) in [5.41, 5.74) is 2.82. The van der Waals surface area contributed by atoms with Crippen molar-refractivity contribution in [2.75, 3.05) is 23.7 Å². The van der Waals surface area contributed by atoms with E-state index in [4.69, 9.17) is 9.97 Å². The van der Waals surface area contributed by atoms with Gasteiger partial charge in [-0.1, -0.05) is 6.92 Å². The summed E-state index contributed by atoms with van der Waals surface area (Å²) < 4.78 is 14.1. The van der Waals surface area contributed by atoms with Crippen molar-refractivity contribution in [3.05, 3.63) is 60.4 Å². The molecule has 3 N–H and O–H groups in total. The van der Waals surface area contributed by atoms with Crippen LogP contribution in [-0.2, 0) is 0 Å². The largest absolute Gasteiger partial charge is 0.366 e. The van der Waals surface area contributed by atoms with Gasteiger partial charge in [-0.25, -0.2) is 24.3 Å². The molecule has 0 radical (unpaired) electrons. The van der Waals surface area contributed by atoms with Crippen LogP contribution in [0.4, 0.5) is 21.8 Å². The summed E-state index contributed by atoms with van der Waals surface area (Å²) in [4.78, 5) is 22.8. The van der Waals surface area contributed by atoms with Crippen molar-refractivity contribution in [2.45, 2.75) is 38.1 Å². The molecule has 2 fully saturated rings. The van der Waals surface area contributed by atoms with Gasteiger partial charge in [0, 0.05) is 35.6 Å². The van der Waals surface area contributed by atoms with Crippen LogP contribution >= 0.6 is 0 Å². The van der Waals surface area contributed by atoms with Gasteiger partial charge in [0.15, 0.2) is 17.5 Å². The molecule has 0 amide bonds. The molecule has 1 aliphatic heterocycles. The Kier molecular flexibility index (Phi) is 5.69. The first-order valence-corrected chi connectivity index (χ1v) is 12.1. The lowest BCUT2D eigenvalue weighted by molar-refractivity contribution is 0.368. The Labute approximate surface area is 202 Å². The number of piperidine rings is 1. The Bertz CT molecular complexity index is 1370. The fraction of sp³-hybridized carbons (Fsp3) is 0.346. The molecule has 6 rings (SSSR count). The minimum atomic E-state index is -0.442. The van der Waals surface area contributed by atoms with Gasteiger partial charge in [-0.2, -0.15) is 0 Å². The molecule has 0 aromatic carbocycles. The summed E-state index contributed by atoms with van der Waals surface area (Å²) in [5, 5.41) is 11.2. The molecule has 0 spiro atoms. The average molecular weight is 471 g/mol. The molecule has 178 valence electrons. The van der Waals surface area contributed by atoms with E-state index in [-0.39, 0.29) is 5.82 Å². The molecule has 9 heteroatoms. The lowest BCUT2D eigenvalue weighted by atomic mass is 9.95. The van der Waals surface area contributed by atoms with E-state index < -0.39 is 5.82 Å². The summed E-state index contributed by atoms with van der Waals surface area (Å²) in [6.07, 6.45) is 10.4. The minimum absolute atomic E-state index is 0.122. The number of fused-ring (bicyclic) bond motifs is 1. The van der Waals surface area contributed by atoms with Gasteiger partial charge >= 0.3 is 0 Å². The molecule has 1 saturated carbocycles. The van der Waals surface area contributed by atoms with Gasteiger partial charge in [0.25, 0.3) is 0 Å². The first-order valence-electron chi connectivity index (χ1n) is 12.1. The van der Waals surface area contributed by atoms with Crippen molar-refractivity contribution in [3.8, 4) is 11.4 Å². The number of halogens is 1.